The van der Waals surface area contributed by atoms with Crippen LogP contribution in [0.5, 0.6) is 0 Å². The minimum atomic E-state index is -0.555. The molecule has 7 nitrogen and oxygen atoms in total. The average Bonchev–Trinajstić information content (AvgIpc) is 3.14. The highest BCUT2D eigenvalue weighted by Crippen LogP contribution is 2.13. The Kier molecular flexibility index (Phi) is 5.25. The number of furan rings is 1. The summed E-state index contributed by atoms with van der Waals surface area (Å²) in [5.74, 6) is 0.871. The number of H-pyrrole nitrogens is 1. The van der Waals surface area contributed by atoms with Crippen molar-refractivity contribution in [2.75, 3.05) is 6.61 Å². The van der Waals surface area contributed by atoms with Gasteiger partial charge in [0.05, 0.1) is 23.8 Å². The number of carbonyl (C=O) groups is 1. The molecule has 0 fully saturated rings. The van der Waals surface area contributed by atoms with E-state index in [1.54, 1.807) is 30.3 Å². The van der Waals surface area contributed by atoms with Crippen LogP contribution >= 0.6 is 0 Å². The van der Waals surface area contributed by atoms with E-state index >= 15 is 0 Å². The maximum absolute atomic E-state index is 12.0. The molecule has 0 aliphatic rings. The van der Waals surface area contributed by atoms with Crippen molar-refractivity contribution in [1.82, 2.24) is 15.3 Å². The Morgan fingerprint density at radius 3 is 2.88 bits per heavy atom. The molecule has 0 saturated heterocycles. The third-order valence-corrected chi connectivity index (χ3v) is 3.88. The molecule has 0 saturated carbocycles. The number of rotatable bonds is 7. The van der Waals surface area contributed by atoms with Gasteiger partial charge in [-0.1, -0.05) is 12.1 Å². The molecule has 3 rings (SSSR count). The SMILES string of the molecule is O=C(CCCc1nc2ccccc2c(=O)[nH]1)NC(CO)c1ccco1. The molecule has 3 N–H and O–H groups in total. The molecular formula is C18H19N3O4. The molecule has 1 unspecified atom stereocenters. The van der Waals surface area contributed by atoms with Crippen LogP contribution in [0.15, 0.2) is 51.9 Å². The van der Waals surface area contributed by atoms with Gasteiger partial charge < -0.3 is 19.8 Å². The van der Waals surface area contributed by atoms with Crippen LogP contribution in [0, 0.1) is 0 Å². The van der Waals surface area contributed by atoms with E-state index in [0.717, 1.165) is 0 Å². The minimum Gasteiger partial charge on any atom is -0.467 e. The first kappa shape index (κ1) is 16.9. The zero-order chi connectivity index (χ0) is 17.6. The number of nitrogens with zero attached hydrogens (tertiary/aromatic N) is 1. The van der Waals surface area contributed by atoms with E-state index < -0.39 is 6.04 Å². The van der Waals surface area contributed by atoms with Gasteiger partial charge in [0.2, 0.25) is 5.91 Å². The number of hydrogen-bond donors (Lipinski definition) is 3. The molecule has 25 heavy (non-hydrogen) atoms. The molecule has 0 bridgehead atoms. The molecule has 1 aromatic carbocycles. The minimum absolute atomic E-state index is 0.178. The first-order valence-electron chi connectivity index (χ1n) is 8.09. The van der Waals surface area contributed by atoms with Crippen LogP contribution in [0.2, 0.25) is 0 Å². The molecule has 0 aliphatic heterocycles. The van der Waals surface area contributed by atoms with Crippen molar-refractivity contribution < 1.29 is 14.3 Å². The smallest absolute Gasteiger partial charge is 0.258 e. The first-order chi connectivity index (χ1) is 12.2. The number of aryl methyl sites for hydroxylation is 1. The van der Waals surface area contributed by atoms with Gasteiger partial charge in [-0.2, -0.15) is 0 Å². The Bertz CT molecular complexity index is 902. The number of aliphatic hydroxyl groups excluding tert-OH is 1. The molecular weight excluding hydrogens is 322 g/mol. The first-order valence-corrected chi connectivity index (χ1v) is 8.09. The summed E-state index contributed by atoms with van der Waals surface area (Å²) in [6.45, 7) is -0.237. The molecule has 1 atom stereocenters. The number of carbonyl (C=O) groups excluding carboxylic acids is 1. The summed E-state index contributed by atoms with van der Waals surface area (Å²) in [5.41, 5.74) is 0.465. The Balaban J connectivity index is 1.56. The summed E-state index contributed by atoms with van der Waals surface area (Å²) < 4.78 is 5.19. The predicted octanol–water partition coefficient (Wildman–Crippen LogP) is 1.69. The number of para-hydroxylation sites is 1. The molecule has 0 spiro atoms. The van der Waals surface area contributed by atoms with Crippen LogP contribution in [-0.4, -0.2) is 27.6 Å². The van der Waals surface area contributed by atoms with Gasteiger partial charge in [-0.3, -0.25) is 9.59 Å². The van der Waals surface area contributed by atoms with Crippen LogP contribution in [0.3, 0.4) is 0 Å². The van der Waals surface area contributed by atoms with Gasteiger partial charge >= 0.3 is 0 Å². The molecule has 2 aromatic heterocycles. The van der Waals surface area contributed by atoms with Crippen molar-refractivity contribution in [2.45, 2.75) is 25.3 Å². The van der Waals surface area contributed by atoms with Crippen LogP contribution in [0.25, 0.3) is 10.9 Å². The van der Waals surface area contributed by atoms with Crippen LogP contribution in [0.4, 0.5) is 0 Å². The fraction of sp³-hybridized carbons (Fsp3) is 0.278. The number of aromatic nitrogens is 2. The number of aromatic amines is 1. The summed E-state index contributed by atoms with van der Waals surface area (Å²) >= 11 is 0. The maximum Gasteiger partial charge on any atom is 0.258 e. The standard InChI is InChI=1S/C18H19N3O4/c22-11-14(15-7-4-10-25-15)20-17(23)9-3-8-16-19-13-6-2-1-5-12(13)18(24)21-16/h1-2,4-7,10,14,22H,3,8-9,11H2,(H,20,23)(H,19,21,24). The number of benzene rings is 1. The highest BCUT2D eigenvalue weighted by Gasteiger charge is 2.16. The van der Waals surface area contributed by atoms with Crippen molar-refractivity contribution in [2.24, 2.45) is 0 Å². The molecule has 0 radical (unpaired) electrons. The van der Waals surface area contributed by atoms with Gasteiger partial charge in [0.15, 0.2) is 0 Å². The van der Waals surface area contributed by atoms with Gasteiger partial charge in [0, 0.05) is 12.8 Å². The van der Waals surface area contributed by atoms with Crippen molar-refractivity contribution in [3.63, 3.8) is 0 Å². The summed E-state index contributed by atoms with van der Waals surface area (Å²) in [4.78, 5) is 31.2. The van der Waals surface area contributed by atoms with Crippen molar-refractivity contribution in [1.29, 1.82) is 0 Å². The van der Waals surface area contributed by atoms with E-state index in [-0.39, 0.29) is 24.5 Å². The van der Waals surface area contributed by atoms with Gasteiger partial charge in [0.25, 0.3) is 5.56 Å². The zero-order valence-electron chi connectivity index (χ0n) is 13.6. The largest absolute Gasteiger partial charge is 0.467 e. The quantitative estimate of drug-likeness (QED) is 0.606. The average molecular weight is 341 g/mol. The molecule has 0 aliphatic carbocycles. The van der Waals surface area contributed by atoms with Gasteiger partial charge in [0.1, 0.15) is 17.6 Å². The molecule has 3 aromatic rings. The molecule has 1 amide bonds. The summed E-state index contributed by atoms with van der Waals surface area (Å²) in [6, 6.07) is 9.98. The summed E-state index contributed by atoms with van der Waals surface area (Å²) in [5, 5.41) is 12.6. The third-order valence-electron chi connectivity index (χ3n) is 3.88. The Morgan fingerprint density at radius 1 is 1.28 bits per heavy atom. The Morgan fingerprint density at radius 2 is 2.12 bits per heavy atom. The van der Waals surface area contributed by atoms with E-state index in [1.165, 1.54) is 6.26 Å². The summed E-state index contributed by atoms with van der Waals surface area (Å²) in [6.07, 6.45) is 2.76. The number of aliphatic hydroxyl groups is 1. The van der Waals surface area contributed by atoms with Gasteiger partial charge in [-0.25, -0.2) is 4.98 Å². The lowest BCUT2D eigenvalue weighted by atomic mass is 10.2. The topological polar surface area (TPSA) is 108 Å². The zero-order valence-corrected chi connectivity index (χ0v) is 13.6. The van der Waals surface area contributed by atoms with E-state index in [2.05, 4.69) is 15.3 Å². The second-order valence-corrected chi connectivity index (χ2v) is 5.70. The fourth-order valence-corrected chi connectivity index (χ4v) is 2.63. The predicted molar refractivity (Wildman–Crippen MR) is 92.0 cm³/mol. The highest BCUT2D eigenvalue weighted by atomic mass is 16.3. The van der Waals surface area contributed by atoms with E-state index in [1.807, 2.05) is 6.07 Å². The monoisotopic (exact) mass is 341 g/mol. The van der Waals surface area contributed by atoms with Crippen molar-refractivity contribution >= 4 is 16.8 Å². The lowest BCUT2D eigenvalue weighted by Gasteiger charge is -2.13. The number of amides is 1. The van der Waals surface area contributed by atoms with Gasteiger partial charge in [-0.15, -0.1) is 0 Å². The van der Waals surface area contributed by atoms with E-state index in [4.69, 9.17) is 4.42 Å². The Labute approximate surface area is 143 Å². The second kappa shape index (κ2) is 7.76. The van der Waals surface area contributed by atoms with E-state index in [9.17, 15) is 14.7 Å². The summed E-state index contributed by atoms with van der Waals surface area (Å²) in [7, 11) is 0. The van der Waals surface area contributed by atoms with Gasteiger partial charge in [-0.05, 0) is 30.7 Å². The number of hydrogen-bond acceptors (Lipinski definition) is 5. The van der Waals surface area contributed by atoms with Crippen LogP contribution < -0.4 is 10.9 Å². The van der Waals surface area contributed by atoms with Crippen molar-refractivity contribution in [3.8, 4) is 0 Å². The second-order valence-electron chi connectivity index (χ2n) is 5.70. The number of fused-ring (bicyclic) bond motifs is 1. The lowest BCUT2D eigenvalue weighted by molar-refractivity contribution is -0.122. The molecule has 130 valence electrons. The fourth-order valence-electron chi connectivity index (χ4n) is 2.63. The molecule has 7 heteroatoms. The highest BCUT2D eigenvalue weighted by molar-refractivity contribution is 5.77. The Hall–Kier alpha value is -2.93. The normalized spacial score (nSPS) is 12.2. The number of nitrogens with one attached hydrogen (secondary N) is 2. The van der Waals surface area contributed by atoms with E-state index in [0.29, 0.717) is 35.3 Å². The third kappa shape index (κ3) is 4.13. The van der Waals surface area contributed by atoms with Crippen LogP contribution in [-0.2, 0) is 11.2 Å². The van der Waals surface area contributed by atoms with Crippen LogP contribution in [0.1, 0.15) is 30.5 Å². The lowest BCUT2D eigenvalue weighted by Crippen LogP contribution is -2.30. The molecule has 2 heterocycles. The maximum atomic E-state index is 12.0. The van der Waals surface area contributed by atoms with Crippen molar-refractivity contribution in [3.05, 3.63) is 64.6 Å².